The van der Waals surface area contributed by atoms with Gasteiger partial charge >= 0.3 is 0 Å². The third-order valence-electron chi connectivity index (χ3n) is 3.00. The summed E-state index contributed by atoms with van der Waals surface area (Å²) >= 11 is 1.12. The van der Waals surface area contributed by atoms with Crippen LogP contribution in [0.1, 0.15) is 33.2 Å². The van der Waals surface area contributed by atoms with Gasteiger partial charge in [0.1, 0.15) is 0 Å². The molecule has 10 heteroatoms. The largest absolute Gasteiger partial charge is 0.340 e. The molecule has 0 aliphatic carbocycles. The van der Waals surface area contributed by atoms with Crippen LogP contribution in [-0.4, -0.2) is 49.9 Å². The fraction of sp³-hybridized carbons (Fsp3) is 0.455. The molecule has 2 aromatic rings. The van der Waals surface area contributed by atoms with Gasteiger partial charge in [-0.05, 0) is 6.92 Å². The van der Waals surface area contributed by atoms with E-state index < -0.39 is 4.92 Å². The van der Waals surface area contributed by atoms with Crippen molar-refractivity contribution in [2.24, 2.45) is 0 Å². The number of hydrogen-bond acceptors (Lipinski definition) is 7. The number of rotatable bonds is 5. The molecule has 0 saturated heterocycles. The number of hydrogen-bond donors (Lipinski definition) is 1. The molecule has 1 atom stereocenters. The molecule has 0 aliphatic heterocycles. The maximum absolute atomic E-state index is 12.3. The van der Waals surface area contributed by atoms with Gasteiger partial charge in [-0.1, -0.05) is 12.1 Å². The van der Waals surface area contributed by atoms with Gasteiger partial charge in [0.05, 0.1) is 14.7 Å². The average molecular weight is 310 g/mol. The minimum absolute atomic E-state index is 0.0250. The lowest BCUT2D eigenvalue weighted by molar-refractivity contribution is -0.385. The highest BCUT2D eigenvalue weighted by atomic mass is 32.1. The summed E-state index contributed by atoms with van der Waals surface area (Å²) in [5.41, 5.74) is -0.0250. The number of tetrazole rings is 1. The second-order valence-electron chi connectivity index (χ2n) is 4.67. The molecule has 0 aliphatic rings. The van der Waals surface area contributed by atoms with Crippen molar-refractivity contribution in [3.63, 3.8) is 0 Å². The Morgan fingerprint density at radius 1 is 1.62 bits per heavy atom. The van der Waals surface area contributed by atoms with E-state index in [1.807, 2.05) is 6.92 Å². The van der Waals surface area contributed by atoms with Crippen molar-refractivity contribution in [3.8, 4) is 0 Å². The van der Waals surface area contributed by atoms with Gasteiger partial charge < -0.3 is 4.90 Å². The Labute approximate surface area is 124 Å². The van der Waals surface area contributed by atoms with Crippen LogP contribution < -0.4 is 0 Å². The first-order valence-electron chi connectivity index (χ1n) is 6.13. The van der Waals surface area contributed by atoms with E-state index >= 15 is 0 Å². The van der Waals surface area contributed by atoms with Gasteiger partial charge in [0.25, 0.3) is 11.6 Å². The number of aromatic amines is 1. The van der Waals surface area contributed by atoms with E-state index in [4.69, 9.17) is 0 Å². The number of carbonyl (C=O) groups is 1. The predicted octanol–water partition coefficient (Wildman–Crippen LogP) is 1.35. The molecule has 0 aromatic carbocycles. The van der Waals surface area contributed by atoms with Crippen LogP contribution in [0.15, 0.2) is 6.07 Å². The summed E-state index contributed by atoms with van der Waals surface area (Å²) in [4.78, 5) is 25.0. The first-order valence-corrected chi connectivity index (χ1v) is 6.95. The molecule has 0 spiro atoms. The number of H-pyrrole nitrogens is 1. The van der Waals surface area contributed by atoms with Crippen LogP contribution in [0.4, 0.5) is 5.69 Å². The number of likely N-dealkylation sites (N-methyl/N-ethyl adjacent to an activating group) is 1. The molecule has 2 rings (SSSR count). The quantitative estimate of drug-likeness (QED) is 0.658. The van der Waals surface area contributed by atoms with E-state index in [9.17, 15) is 14.9 Å². The highest BCUT2D eigenvalue weighted by Crippen LogP contribution is 2.29. The molecule has 21 heavy (non-hydrogen) atoms. The summed E-state index contributed by atoms with van der Waals surface area (Å²) < 4.78 is 0. The van der Waals surface area contributed by atoms with Crippen molar-refractivity contribution < 1.29 is 9.72 Å². The minimum atomic E-state index is -0.482. The first kappa shape index (κ1) is 15.0. The Morgan fingerprint density at radius 2 is 2.33 bits per heavy atom. The topological polar surface area (TPSA) is 118 Å². The second kappa shape index (κ2) is 5.95. The second-order valence-corrected chi connectivity index (χ2v) is 5.92. The summed E-state index contributed by atoms with van der Waals surface area (Å²) in [5.74, 6) is 0.170. The molecule has 2 heterocycles. The van der Waals surface area contributed by atoms with Gasteiger partial charge in [0.2, 0.25) is 0 Å². The number of aromatic nitrogens is 4. The molecule has 9 nitrogen and oxygen atoms in total. The highest BCUT2D eigenvalue weighted by Gasteiger charge is 2.23. The summed E-state index contributed by atoms with van der Waals surface area (Å²) in [6.07, 6.45) is 0. The highest BCUT2D eigenvalue weighted by molar-refractivity contribution is 7.14. The van der Waals surface area contributed by atoms with Crippen molar-refractivity contribution in [3.05, 3.63) is 31.8 Å². The van der Waals surface area contributed by atoms with E-state index in [0.29, 0.717) is 22.1 Å². The van der Waals surface area contributed by atoms with Crippen LogP contribution in [0.2, 0.25) is 0 Å². The van der Waals surface area contributed by atoms with E-state index in [2.05, 4.69) is 20.6 Å². The third-order valence-corrected chi connectivity index (χ3v) is 4.02. The number of nitrogens with zero attached hydrogens (tertiary/aromatic N) is 5. The number of aryl methyl sites for hydroxylation is 1. The maximum Gasteiger partial charge on any atom is 0.283 e. The summed E-state index contributed by atoms with van der Waals surface area (Å²) in [6.45, 7) is 3.89. The molecular formula is C11H14N6O3S. The first-order chi connectivity index (χ1) is 9.90. The van der Waals surface area contributed by atoms with Crippen molar-refractivity contribution in [2.45, 2.75) is 19.8 Å². The zero-order valence-electron chi connectivity index (χ0n) is 11.7. The minimum Gasteiger partial charge on any atom is -0.340 e. The molecular weight excluding hydrogens is 296 g/mol. The number of thiophene rings is 1. The number of nitrogens with one attached hydrogen (secondary N) is 1. The zero-order chi connectivity index (χ0) is 15.6. The Balaban J connectivity index is 2.09. The van der Waals surface area contributed by atoms with E-state index in [-0.39, 0.29) is 17.5 Å². The van der Waals surface area contributed by atoms with Crippen molar-refractivity contribution in [1.29, 1.82) is 0 Å². The predicted molar refractivity (Wildman–Crippen MR) is 75.3 cm³/mol. The number of amides is 1. The monoisotopic (exact) mass is 310 g/mol. The van der Waals surface area contributed by atoms with Crippen molar-refractivity contribution >= 4 is 22.9 Å². The van der Waals surface area contributed by atoms with Gasteiger partial charge in [0.15, 0.2) is 5.82 Å². The van der Waals surface area contributed by atoms with Gasteiger partial charge in [0, 0.05) is 25.6 Å². The van der Waals surface area contributed by atoms with E-state index in [0.717, 1.165) is 11.3 Å². The lowest BCUT2D eigenvalue weighted by atomic mass is 10.1. The van der Waals surface area contributed by atoms with Crippen LogP contribution in [0.3, 0.4) is 0 Å². The fourth-order valence-corrected chi connectivity index (χ4v) is 2.88. The third kappa shape index (κ3) is 3.21. The zero-order valence-corrected chi connectivity index (χ0v) is 12.5. The van der Waals surface area contributed by atoms with Crippen molar-refractivity contribution in [2.75, 3.05) is 13.6 Å². The molecule has 0 radical (unpaired) electrons. The smallest absolute Gasteiger partial charge is 0.283 e. The summed E-state index contributed by atoms with van der Waals surface area (Å²) in [7, 11) is 1.64. The number of carbonyl (C=O) groups excluding carboxylic acids is 1. The molecule has 1 amide bonds. The molecule has 1 N–H and O–H groups in total. The van der Waals surface area contributed by atoms with Gasteiger partial charge in [-0.2, -0.15) is 5.21 Å². The Morgan fingerprint density at radius 3 is 2.86 bits per heavy atom. The molecule has 0 bridgehead atoms. The molecule has 0 unspecified atom stereocenters. The van der Waals surface area contributed by atoms with Gasteiger partial charge in [-0.15, -0.1) is 21.5 Å². The van der Waals surface area contributed by atoms with Gasteiger partial charge in [-0.25, -0.2) is 0 Å². The van der Waals surface area contributed by atoms with Crippen molar-refractivity contribution in [1.82, 2.24) is 25.5 Å². The SMILES string of the molecule is Cc1sc(C(=O)N(C)C[C@H](C)c2nn[nH]n2)cc1[N+](=O)[O-]. The fourth-order valence-electron chi connectivity index (χ4n) is 1.90. The maximum atomic E-state index is 12.3. The van der Waals surface area contributed by atoms with Gasteiger partial charge in [-0.3, -0.25) is 14.9 Å². The van der Waals surface area contributed by atoms with Crippen LogP contribution in [-0.2, 0) is 0 Å². The standard InChI is InChI=1S/C11H14N6O3S/c1-6(10-12-14-15-13-10)5-16(3)11(18)9-4-8(17(19)20)7(2)21-9/h4,6H,5H2,1-3H3,(H,12,13,14,15)/t6-/m0/s1. The number of nitro groups is 1. The molecule has 112 valence electrons. The Bertz CT molecular complexity index is 653. The molecule has 0 fully saturated rings. The van der Waals surface area contributed by atoms with Crippen LogP contribution in [0.5, 0.6) is 0 Å². The van der Waals surface area contributed by atoms with E-state index in [1.165, 1.54) is 11.0 Å². The Hall–Kier alpha value is -2.36. The van der Waals surface area contributed by atoms with Crippen LogP contribution >= 0.6 is 11.3 Å². The lowest BCUT2D eigenvalue weighted by Gasteiger charge is -2.18. The lowest BCUT2D eigenvalue weighted by Crippen LogP contribution is -2.30. The van der Waals surface area contributed by atoms with Crippen LogP contribution in [0.25, 0.3) is 0 Å². The van der Waals surface area contributed by atoms with E-state index in [1.54, 1.807) is 14.0 Å². The average Bonchev–Trinajstić information content (AvgIpc) is 3.06. The Kier molecular flexibility index (Phi) is 4.26. The summed E-state index contributed by atoms with van der Waals surface area (Å²) in [6, 6.07) is 1.32. The molecule has 0 saturated carbocycles. The normalized spacial score (nSPS) is 12.1. The molecule has 2 aromatic heterocycles. The summed E-state index contributed by atoms with van der Waals surface area (Å²) in [5, 5.41) is 24.4. The van der Waals surface area contributed by atoms with Crippen LogP contribution in [0, 0.1) is 17.0 Å².